The van der Waals surface area contributed by atoms with E-state index in [9.17, 15) is 4.79 Å². The van der Waals surface area contributed by atoms with Crippen LogP contribution in [0, 0.1) is 6.92 Å². The lowest BCUT2D eigenvalue weighted by Gasteiger charge is -2.05. The molecule has 0 atom stereocenters. The summed E-state index contributed by atoms with van der Waals surface area (Å²) in [6, 6.07) is 15.9. The Morgan fingerprint density at radius 3 is 2.67 bits per heavy atom. The molecule has 2 heterocycles. The second-order valence-electron chi connectivity index (χ2n) is 5.73. The third-order valence-electron chi connectivity index (χ3n) is 3.99. The first-order chi connectivity index (χ1) is 11.7. The maximum absolute atomic E-state index is 12.2. The van der Waals surface area contributed by atoms with Gasteiger partial charge in [0.05, 0.1) is 11.3 Å². The summed E-state index contributed by atoms with van der Waals surface area (Å²) in [6.07, 6.45) is 3.63. The topological polar surface area (TPSA) is 73.0 Å². The molecule has 0 saturated carbocycles. The Balaban J connectivity index is 1.71. The van der Waals surface area contributed by atoms with E-state index in [4.69, 9.17) is 0 Å². The van der Waals surface area contributed by atoms with Crippen LogP contribution in [0.5, 0.6) is 0 Å². The van der Waals surface area contributed by atoms with E-state index in [1.165, 1.54) is 5.56 Å². The molecule has 0 fully saturated rings. The van der Waals surface area contributed by atoms with Crippen molar-refractivity contribution in [2.45, 2.75) is 6.92 Å². The molecule has 1 aliphatic rings. The molecule has 0 bridgehead atoms. The highest BCUT2D eigenvalue weighted by molar-refractivity contribution is 6.21. The number of aromatic nitrogens is 2. The molecular formula is C19H16N4O. The van der Waals surface area contributed by atoms with Crippen LogP contribution in [0.1, 0.15) is 16.7 Å². The Morgan fingerprint density at radius 1 is 1.04 bits per heavy atom. The van der Waals surface area contributed by atoms with Crippen LogP contribution < -0.4 is 10.9 Å². The number of hydrogen-bond donors (Lipinski definition) is 3. The smallest absolute Gasteiger partial charge is 0.273 e. The van der Waals surface area contributed by atoms with Gasteiger partial charge in [0, 0.05) is 23.0 Å². The number of nitrogens with zero attached hydrogens (tertiary/aromatic N) is 1. The third kappa shape index (κ3) is 2.56. The molecule has 0 saturated heterocycles. The average Bonchev–Trinajstić information content (AvgIpc) is 3.16. The van der Waals surface area contributed by atoms with Gasteiger partial charge in [-0.15, -0.1) is 0 Å². The van der Waals surface area contributed by atoms with E-state index in [2.05, 4.69) is 20.5 Å². The van der Waals surface area contributed by atoms with Crippen LogP contribution in [-0.2, 0) is 0 Å². The first kappa shape index (κ1) is 14.3. The van der Waals surface area contributed by atoms with Gasteiger partial charge in [-0.25, -0.2) is 0 Å². The minimum atomic E-state index is -0.171. The molecule has 5 heteroatoms. The number of anilines is 2. The molecule has 3 N–H and O–H groups in total. The molecule has 24 heavy (non-hydrogen) atoms. The van der Waals surface area contributed by atoms with Crippen LogP contribution in [0.25, 0.3) is 11.6 Å². The highest BCUT2D eigenvalue weighted by Gasteiger charge is 2.14. The first-order valence-corrected chi connectivity index (χ1v) is 7.70. The molecule has 118 valence electrons. The second kappa shape index (κ2) is 5.70. The number of fused-ring (bicyclic) bond motifs is 1. The van der Waals surface area contributed by atoms with Gasteiger partial charge in [-0.05, 0) is 31.2 Å². The number of aliphatic imine (C=N–C) groups is 1. The van der Waals surface area contributed by atoms with E-state index in [1.807, 2.05) is 61.5 Å². The molecule has 1 aliphatic heterocycles. The summed E-state index contributed by atoms with van der Waals surface area (Å²) in [6.45, 7) is 2.04. The number of nitrogens with one attached hydrogen (secondary N) is 3. The van der Waals surface area contributed by atoms with Crippen LogP contribution in [0.3, 0.4) is 0 Å². The second-order valence-corrected chi connectivity index (χ2v) is 5.73. The molecule has 0 aliphatic carbocycles. The fourth-order valence-electron chi connectivity index (χ4n) is 2.69. The zero-order valence-corrected chi connectivity index (χ0v) is 13.1. The molecule has 2 aromatic carbocycles. The summed E-state index contributed by atoms with van der Waals surface area (Å²) >= 11 is 0. The molecule has 4 rings (SSSR count). The molecular weight excluding hydrogens is 300 g/mol. The predicted molar refractivity (Wildman–Crippen MR) is 98.3 cm³/mol. The van der Waals surface area contributed by atoms with Crippen molar-refractivity contribution >= 4 is 35.1 Å². The quantitative estimate of drug-likeness (QED) is 0.683. The lowest BCUT2D eigenvalue weighted by molar-refractivity contribution is 1.06. The summed E-state index contributed by atoms with van der Waals surface area (Å²) in [5, 5.41) is 8.77. The number of allylic oxidation sites excluding steroid dienone is 1. The Labute approximate surface area is 138 Å². The van der Waals surface area contributed by atoms with Crippen molar-refractivity contribution in [3.05, 3.63) is 75.6 Å². The summed E-state index contributed by atoms with van der Waals surface area (Å²) < 4.78 is 0. The van der Waals surface area contributed by atoms with Crippen molar-refractivity contribution in [3.8, 4) is 0 Å². The van der Waals surface area contributed by atoms with Crippen LogP contribution in [0.2, 0.25) is 0 Å². The van der Waals surface area contributed by atoms with E-state index >= 15 is 0 Å². The molecule has 0 radical (unpaired) electrons. The van der Waals surface area contributed by atoms with Crippen molar-refractivity contribution in [2.75, 3.05) is 5.32 Å². The number of aryl methyl sites for hydroxylation is 1. The van der Waals surface area contributed by atoms with Crippen LogP contribution in [0.4, 0.5) is 17.2 Å². The number of rotatable bonds is 3. The van der Waals surface area contributed by atoms with Crippen molar-refractivity contribution in [3.63, 3.8) is 0 Å². The van der Waals surface area contributed by atoms with Gasteiger partial charge in [0.15, 0.2) is 0 Å². The minimum absolute atomic E-state index is 0.171. The summed E-state index contributed by atoms with van der Waals surface area (Å²) in [7, 11) is 0. The lowest BCUT2D eigenvalue weighted by Crippen LogP contribution is -2.03. The van der Waals surface area contributed by atoms with Crippen molar-refractivity contribution in [1.29, 1.82) is 0 Å². The zero-order chi connectivity index (χ0) is 16.5. The van der Waals surface area contributed by atoms with Crippen LogP contribution in [0.15, 0.2) is 58.3 Å². The SMILES string of the molecule is Cc1ccc(Nc2[nH][nH]c(=O)c2C=C2C=Nc3ccccc32)cc1. The Bertz CT molecular complexity index is 1010. The third-order valence-corrected chi connectivity index (χ3v) is 3.99. The molecule has 5 nitrogen and oxygen atoms in total. The Kier molecular flexibility index (Phi) is 3.39. The molecule has 0 amide bonds. The minimum Gasteiger partial charge on any atom is -0.340 e. The van der Waals surface area contributed by atoms with Gasteiger partial charge < -0.3 is 5.32 Å². The van der Waals surface area contributed by atoms with Gasteiger partial charge in [-0.2, -0.15) is 0 Å². The van der Waals surface area contributed by atoms with Gasteiger partial charge >= 0.3 is 0 Å². The van der Waals surface area contributed by atoms with Crippen LogP contribution in [-0.4, -0.2) is 16.4 Å². The molecule has 1 aromatic heterocycles. The first-order valence-electron chi connectivity index (χ1n) is 7.70. The highest BCUT2D eigenvalue weighted by Crippen LogP contribution is 2.32. The van der Waals surface area contributed by atoms with Crippen LogP contribution >= 0.6 is 0 Å². The van der Waals surface area contributed by atoms with E-state index in [-0.39, 0.29) is 5.56 Å². The van der Waals surface area contributed by atoms with Crippen molar-refractivity contribution in [2.24, 2.45) is 4.99 Å². The number of H-pyrrole nitrogens is 2. The zero-order valence-electron chi connectivity index (χ0n) is 13.1. The highest BCUT2D eigenvalue weighted by atomic mass is 16.1. The summed E-state index contributed by atoms with van der Waals surface area (Å²) in [5.41, 5.74) is 5.34. The molecule has 3 aromatic rings. The van der Waals surface area contributed by atoms with Gasteiger partial charge in [-0.3, -0.25) is 20.0 Å². The number of hydrogen-bond acceptors (Lipinski definition) is 3. The number of para-hydroxylation sites is 1. The monoisotopic (exact) mass is 316 g/mol. The summed E-state index contributed by atoms with van der Waals surface area (Å²) in [4.78, 5) is 16.5. The predicted octanol–water partition coefficient (Wildman–Crippen LogP) is 4.01. The van der Waals surface area contributed by atoms with Crippen molar-refractivity contribution < 1.29 is 0 Å². The van der Waals surface area contributed by atoms with Gasteiger partial charge in [-0.1, -0.05) is 35.9 Å². The summed E-state index contributed by atoms with van der Waals surface area (Å²) in [5.74, 6) is 0.633. The van der Waals surface area contributed by atoms with E-state index in [0.717, 1.165) is 22.5 Å². The molecule has 0 spiro atoms. The van der Waals surface area contributed by atoms with Gasteiger partial charge in [0.1, 0.15) is 5.82 Å². The fourth-order valence-corrected chi connectivity index (χ4v) is 2.69. The van der Waals surface area contributed by atoms with E-state index in [0.29, 0.717) is 11.4 Å². The van der Waals surface area contributed by atoms with Gasteiger partial charge in [0.25, 0.3) is 5.56 Å². The maximum atomic E-state index is 12.2. The van der Waals surface area contributed by atoms with Gasteiger partial charge in [0.2, 0.25) is 0 Å². The maximum Gasteiger partial charge on any atom is 0.273 e. The fraction of sp³-hybridized carbons (Fsp3) is 0.0526. The van der Waals surface area contributed by atoms with E-state index in [1.54, 1.807) is 6.21 Å². The molecule has 0 unspecified atom stereocenters. The Hall–Kier alpha value is -3.34. The average molecular weight is 316 g/mol. The van der Waals surface area contributed by atoms with Crippen molar-refractivity contribution in [1.82, 2.24) is 10.2 Å². The lowest BCUT2D eigenvalue weighted by atomic mass is 10.1. The van der Waals surface area contributed by atoms with E-state index < -0.39 is 0 Å². The normalized spacial score (nSPS) is 14.1. The Morgan fingerprint density at radius 2 is 1.83 bits per heavy atom. The number of benzene rings is 2. The largest absolute Gasteiger partial charge is 0.340 e. The standard InChI is InChI=1S/C19H16N4O/c1-12-6-8-14(9-7-12)21-18-16(19(24)23-22-18)10-13-11-20-17-5-3-2-4-15(13)17/h2-11H,1H3,(H3,21,22,23,24). The number of aromatic amines is 2.